The largest absolute Gasteiger partial charge is 2.00 e. The number of hydrogen-bond acceptors (Lipinski definition) is 2. The number of methoxy groups -OCH3 is 1. The second-order valence-electron chi connectivity index (χ2n) is 2.76. The molecule has 0 aliphatic carbocycles. The second kappa shape index (κ2) is 12.3. The van der Waals surface area contributed by atoms with Crippen LogP contribution in [-0.4, -0.2) is 43.4 Å². The third-order valence-corrected chi connectivity index (χ3v) is 1.74. The van der Waals surface area contributed by atoms with Gasteiger partial charge >= 0.3 is 23.1 Å². The van der Waals surface area contributed by atoms with Crippen molar-refractivity contribution in [3.05, 3.63) is 30.3 Å². The Kier molecular flexibility index (Phi) is 14.4. The molecule has 0 aromatic heterocycles. The zero-order valence-electron chi connectivity index (χ0n) is 9.04. The summed E-state index contributed by atoms with van der Waals surface area (Å²) in [5.41, 5.74) is 0. The van der Waals surface area contributed by atoms with Crippen molar-refractivity contribution in [1.82, 2.24) is 0 Å². The molecule has 1 heterocycles. The van der Waals surface area contributed by atoms with E-state index in [9.17, 15) is 0 Å². The van der Waals surface area contributed by atoms with Gasteiger partial charge in [0.2, 0.25) is 0 Å². The fourth-order valence-corrected chi connectivity index (χ4v) is 1.01. The van der Waals surface area contributed by atoms with E-state index in [4.69, 9.17) is 9.47 Å². The summed E-state index contributed by atoms with van der Waals surface area (Å²) in [7, 11) is 1.64. The molecule has 0 atom stereocenters. The van der Waals surface area contributed by atoms with Gasteiger partial charge in [-0.3, -0.25) is 0 Å². The maximum Gasteiger partial charge on any atom is 2.00 e. The minimum atomic E-state index is 0. The number of hydrogen-bond donors (Lipinski definition) is 0. The van der Waals surface area contributed by atoms with E-state index in [-0.39, 0.29) is 40.0 Å². The van der Waals surface area contributed by atoms with Crippen LogP contribution < -0.4 is 21.7 Å². The molecule has 1 aliphatic rings. The Labute approximate surface area is 118 Å². The first-order valence-electron chi connectivity index (χ1n) is 4.51. The molecule has 0 bridgehead atoms. The van der Waals surface area contributed by atoms with Gasteiger partial charge in [-0.15, -0.1) is 12.1 Å². The van der Waals surface area contributed by atoms with Crippen molar-refractivity contribution in [2.45, 2.75) is 12.8 Å². The summed E-state index contributed by atoms with van der Waals surface area (Å²) in [6.45, 7) is 2.00. The quantitative estimate of drug-likeness (QED) is 0.482. The molecular weight excluding hydrogens is 268 g/mol. The minimum absolute atomic E-state index is 0. The van der Waals surface area contributed by atoms with Crippen molar-refractivity contribution in [3.63, 3.8) is 0 Å². The van der Waals surface area contributed by atoms with Gasteiger partial charge in [0, 0.05) is 19.0 Å². The van der Waals surface area contributed by atoms with E-state index in [0.29, 0.717) is 0 Å². The standard InChI is InChI=1S/C7H7O.C4H8O.BrH.Mg/c1-8-7-5-3-2-4-6-7;1-2-4-5-3-1;;/h2-3,5-6H,1H3;1-4H2;1H;/q-1;;;+2/p-1. The Morgan fingerprint density at radius 3 is 2.27 bits per heavy atom. The van der Waals surface area contributed by atoms with Gasteiger partial charge in [0.15, 0.2) is 0 Å². The average molecular weight is 283 g/mol. The van der Waals surface area contributed by atoms with Gasteiger partial charge in [-0.05, 0) is 12.8 Å². The van der Waals surface area contributed by atoms with Gasteiger partial charge < -0.3 is 26.5 Å². The molecule has 2 rings (SSSR count). The van der Waals surface area contributed by atoms with E-state index in [1.165, 1.54) is 12.8 Å². The van der Waals surface area contributed by atoms with Gasteiger partial charge in [-0.25, -0.2) is 0 Å². The first kappa shape index (κ1) is 17.6. The monoisotopic (exact) mass is 282 g/mol. The maximum atomic E-state index is 4.94. The molecule has 2 nitrogen and oxygen atoms in total. The van der Waals surface area contributed by atoms with Crippen molar-refractivity contribution in [1.29, 1.82) is 0 Å². The van der Waals surface area contributed by atoms with Crippen LogP contribution in [0.1, 0.15) is 12.8 Å². The Bertz CT molecular complexity index is 207. The van der Waals surface area contributed by atoms with E-state index in [1.54, 1.807) is 13.2 Å². The fourth-order valence-electron chi connectivity index (χ4n) is 1.01. The van der Waals surface area contributed by atoms with E-state index >= 15 is 0 Å². The zero-order chi connectivity index (χ0) is 9.36. The molecule has 0 spiro atoms. The molecule has 0 unspecified atom stereocenters. The SMILES string of the molecule is C1CCOC1.COc1c[c-]ccc1.[Br-].[Mg+2]. The van der Waals surface area contributed by atoms with Gasteiger partial charge in [0.05, 0.1) is 7.11 Å². The van der Waals surface area contributed by atoms with Crippen LogP contribution in [0.25, 0.3) is 0 Å². The van der Waals surface area contributed by atoms with E-state index < -0.39 is 0 Å². The third-order valence-electron chi connectivity index (χ3n) is 1.74. The molecule has 1 fully saturated rings. The van der Waals surface area contributed by atoms with Crippen LogP contribution in [0.3, 0.4) is 0 Å². The van der Waals surface area contributed by atoms with Gasteiger partial charge in [0.1, 0.15) is 0 Å². The molecule has 1 aromatic carbocycles. The summed E-state index contributed by atoms with van der Waals surface area (Å²) in [6, 6.07) is 10.3. The Hall–Kier alpha value is 0.226. The summed E-state index contributed by atoms with van der Waals surface area (Å²) in [5.74, 6) is 0.854. The van der Waals surface area contributed by atoms with Crippen LogP contribution in [0, 0.1) is 6.07 Å². The predicted octanol–water partition coefficient (Wildman–Crippen LogP) is -1.08. The molecule has 4 heteroatoms. The predicted molar refractivity (Wildman–Crippen MR) is 57.6 cm³/mol. The Morgan fingerprint density at radius 2 is 2.00 bits per heavy atom. The van der Waals surface area contributed by atoms with Crippen LogP contribution in [0.15, 0.2) is 24.3 Å². The molecule has 0 radical (unpaired) electrons. The molecule has 1 saturated heterocycles. The van der Waals surface area contributed by atoms with Gasteiger partial charge in [0.25, 0.3) is 0 Å². The second-order valence-corrected chi connectivity index (χ2v) is 2.76. The van der Waals surface area contributed by atoms with Crippen LogP contribution in [-0.2, 0) is 4.74 Å². The molecule has 15 heavy (non-hydrogen) atoms. The molecule has 0 saturated carbocycles. The number of benzene rings is 1. The zero-order valence-corrected chi connectivity index (χ0v) is 12.0. The van der Waals surface area contributed by atoms with Crippen LogP contribution in [0.2, 0.25) is 0 Å². The molecule has 1 aliphatic heterocycles. The molecule has 0 N–H and O–H groups in total. The van der Waals surface area contributed by atoms with Crippen LogP contribution in [0.4, 0.5) is 0 Å². The maximum absolute atomic E-state index is 4.94. The average Bonchev–Trinajstić information content (AvgIpc) is 2.77. The molecule has 0 amide bonds. The van der Waals surface area contributed by atoms with Crippen LogP contribution >= 0.6 is 0 Å². The fraction of sp³-hybridized carbons (Fsp3) is 0.455. The summed E-state index contributed by atoms with van der Waals surface area (Å²) >= 11 is 0. The Balaban J connectivity index is 0. The van der Waals surface area contributed by atoms with E-state index in [0.717, 1.165) is 19.0 Å². The topological polar surface area (TPSA) is 18.5 Å². The third kappa shape index (κ3) is 9.17. The first-order chi connectivity index (χ1) is 6.43. The summed E-state index contributed by atoms with van der Waals surface area (Å²) in [4.78, 5) is 0. The molecule has 1 aromatic rings. The van der Waals surface area contributed by atoms with Crippen molar-refractivity contribution >= 4 is 23.1 Å². The van der Waals surface area contributed by atoms with Crippen molar-refractivity contribution < 1.29 is 26.5 Å². The smallest absolute Gasteiger partial charge is 1.00 e. The number of ether oxygens (including phenoxy) is 2. The van der Waals surface area contributed by atoms with Gasteiger partial charge in [-0.1, -0.05) is 0 Å². The summed E-state index contributed by atoms with van der Waals surface area (Å²) < 4.78 is 9.83. The summed E-state index contributed by atoms with van der Waals surface area (Å²) in [5, 5.41) is 0. The first-order valence-corrected chi connectivity index (χ1v) is 4.51. The van der Waals surface area contributed by atoms with Crippen molar-refractivity contribution in [2.24, 2.45) is 0 Å². The van der Waals surface area contributed by atoms with E-state index in [1.807, 2.05) is 18.2 Å². The van der Waals surface area contributed by atoms with Crippen molar-refractivity contribution in [3.8, 4) is 5.75 Å². The van der Waals surface area contributed by atoms with Gasteiger partial charge in [-0.2, -0.15) is 18.2 Å². The minimum Gasteiger partial charge on any atom is -1.00 e. The number of rotatable bonds is 1. The normalized spacial score (nSPS) is 12.6. The Morgan fingerprint density at radius 1 is 1.33 bits per heavy atom. The molecular formula is C11H15BrMgO2. The number of halogens is 1. The van der Waals surface area contributed by atoms with E-state index in [2.05, 4.69) is 6.07 Å². The molecule has 80 valence electrons. The van der Waals surface area contributed by atoms with Crippen LogP contribution in [0.5, 0.6) is 5.75 Å². The summed E-state index contributed by atoms with van der Waals surface area (Å²) in [6.07, 6.45) is 2.56. The van der Waals surface area contributed by atoms with Crippen molar-refractivity contribution in [2.75, 3.05) is 20.3 Å².